The fourth-order valence-electron chi connectivity index (χ4n) is 3.44. The number of nitrogens with one attached hydrogen (secondary N) is 2. The van der Waals surface area contributed by atoms with Crippen molar-refractivity contribution in [1.82, 2.24) is 20.5 Å². The topological polar surface area (TPSA) is 83.0 Å². The summed E-state index contributed by atoms with van der Waals surface area (Å²) in [7, 11) is 0. The number of amides is 2. The molecule has 1 aliphatic rings. The van der Waals surface area contributed by atoms with Crippen molar-refractivity contribution in [3.8, 4) is 0 Å². The number of halogens is 2. The summed E-state index contributed by atoms with van der Waals surface area (Å²) in [5.41, 5.74) is 1.97. The third-order valence-corrected chi connectivity index (χ3v) is 5.94. The van der Waals surface area contributed by atoms with E-state index in [1.54, 1.807) is 0 Å². The lowest BCUT2D eigenvalue weighted by molar-refractivity contribution is 0.0134. The van der Waals surface area contributed by atoms with Gasteiger partial charge in [0.05, 0.1) is 16.9 Å². The molecule has 7 nitrogen and oxygen atoms in total. The van der Waals surface area contributed by atoms with Crippen LogP contribution in [0.3, 0.4) is 0 Å². The molecule has 30 heavy (non-hydrogen) atoms. The number of carbonyl (C=O) groups excluding carboxylic acids is 1. The molecule has 0 aliphatic carbocycles. The van der Waals surface area contributed by atoms with Crippen molar-refractivity contribution in [1.29, 1.82) is 0 Å². The van der Waals surface area contributed by atoms with Crippen LogP contribution in [0.25, 0.3) is 10.9 Å². The molecule has 4 rings (SSSR count). The molecule has 2 N–H and O–H groups in total. The van der Waals surface area contributed by atoms with E-state index in [1.807, 2.05) is 36.1 Å². The van der Waals surface area contributed by atoms with E-state index in [0.717, 1.165) is 18.0 Å². The Kier molecular flexibility index (Phi) is 5.50. The number of anilines is 2. The minimum absolute atomic E-state index is 0.00445. The van der Waals surface area contributed by atoms with Gasteiger partial charge < -0.3 is 15.5 Å². The molecule has 1 saturated heterocycles. The number of nitrogens with zero attached hydrogens (tertiary/aromatic N) is 4. The first-order valence-corrected chi connectivity index (χ1v) is 10.6. The zero-order chi connectivity index (χ0) is 21.3. The Hall–Kier alpha value is -2.88. The van der Waals surface area contributed by atoms with E-state index < -0.39 is 5.92 Å². The third kappa shape index (κ3) is 4.48. The van der Waals surface area contributed by atoms with Crippen molar-refractivity contribution >= 4 is 39.1 Å². The number of urea groups is 1. The molecule has 2 aromatic heterocycles. The quantitative estimate of drug-likeness (QED) is 0.642. The average molecular weight is 433 g/mol. The normalized spacial score (nSPS) is 15.4. The van der Waals surface area contributed by atoms with E-state index in [-0.39, 0.29) is 17.8 Å². The number of hydrogen-bond acceptors (Lipinski definition) is 6. The van der Waals surface area contributed by atoms with Gasteiger partial charge in [0.1, 0.15) is 5.69 Å². The number of aromatic nitrogens is 3. The van der Waals surface area contributed by atoms with Crippen LogP contribution in [0.15, 0.2) is 29.6 Å². The molecule has 0 radical (unpaired) electrons. The summed E-state index contributed by atoms with van der Waals surface area (Å²) < 4.78 is 26.8. The van der Waals surface area contributed by atoms with Gasteiger partial charge in [-0.05, 0) is 38.0 Å². The molecular formula is C20H22F2N6OS. The lowest BCUT2D eigenvalue weighted by atomic mass is 10.1. The summed E-state index contributed by atoms with van der Waals surface area (Å²) in [6.07, 6.45) is 1.43. The largest absolute Gasteiger partial charge is 0.348 e. The molecule has 0 bridgehead atoms. The van der Waals surface area contributed by atoms with E-state index >= 15 is 0 Å². The van der Waals surface area contributed by atoms with Crippen molar-refractivity contribution in [2.45, 2.75) is 38.7 Å². The van der Waals surface area contributed by atoms with Crippen molar-refractivity contribution in [3.05, 3.63) is 41.0 Å². The minimum Gasteiger partial charge on any atom is -0.348 e. The van der Waals surface area contributed by atoms with E-state index in [0.29, 0.717) is 42.3 Å². The zero-order valence-corrected chi connectivity index (χ0v) is 17.5. The van der Waals surface area contributed by atoms with Crippen LogP contribution < -0.4 is 15.5 Å². The van der Waals surface area contributed by atoms with Crippen LogP contribution in [0, 0.1) is 6.92 Å². The number of piperidine rings is 1. The van der Waals surface area contributed by atoms with Crippen LogP contribution in [-0.2, 0) is 5.92 Å². The predicted molar refractivity (Wildman–Crippen MR) is 113 cm³/mol. The Balaban J connectivity index is 1.34. The molecule has 2 amide bonds. The summed E-state index contributed by atoms with van der Waals surface area (Å²) >= 11 is 1.23. The van der Waals surface area contributed by atoms with Gasteiger partial charge in [0, 0.05) is 36.8 Å². The number of thiazole rings is 1. The molecule has 3 heterocycles. The maximum absolute atomic E-state index is 13.4. The van der Waals surface area contributed by atoms with Crippen LogP contribution in [0.1, 0.15) is 31.2 Å². The van der Waals surface area contributed by atoms with Crippen LogP contribution in [-0.4, -0.2) is 40.3 Å². The summed E-state index contributed by atoms with van der Waals surface area (Å²) in [5.74, 6) is -2.93. The molecule has 1 aliphatic heterocycles. The third-order valence-electron chi connectivity index (χ3n) is 5.04. The lowest BCUT2D eigenvalue weighted by Crippen LogP contribution is -2.46. The highest BCUT2D eigenvalue weighted by Crippen LogP contribution is 2.32. The Bertz CT molecular complexity index is 1060. The predicted octanol–water partition coefficient (Wildman–Crippen LogP) is 4.30. The molecule has 1 aromatic carbocycles. The molecule has 0 spiro atoms. The maximum Gasteiger partial charge on any atom is 0.319 e. The number of alkyl halides is 2. The van der Waals surface area contributed by atoms with Crippen LogP contribution >= 0.6 is 11.3 Å². The number of rotatable bonds is 4. The molecule has 0 atom stereocenters. The first-order chi connectivity index (χ1) is 14.3. The van der Waals surface area contributed by atoms with Crippen molar-refractivity contribution in [2.75, 3.05) is 23.3 Å². The maximum atomic E-state index is 13.4. The monoisotopic (exact) mass is 432 g/mol. The summed E-state index contributed by atoms with van der Waals surface area (Å²) in [5, 5.41) is 16.9. The van der Waals surface area contributed by atoms with Crippen LogP contribution in [0.4, 0.5) is 24.4 Å². The average Bonchev–Trinajstić information content (AvgIpc) is 3.20. The molecular weight excluding hydrogens is 410 g/mol. The number of hydrogen-bond donors (Lipinski definition) is 2. The zero-order valence-electron chi connectivity index (χ0n) is 16.7. The van der Waals surface area contributed by atoms with Crippen molar-refractivity contribution in [2.24, 2.45) is 0 Å². The van der Waals surface area contributed by atoms with Crippen molar-refractivity contribution in [3.63, 3.8) is 0 Å². The van der Waals surface area contributed by atoms with Crippen molar-refractivity contribution < 1.29 is 13.6 Å². The molecule has 10 heteroatoms. The number of carbonyl (C=O) groups is 1. The van der Waals surface area contributed by atoms with Gasteiger partial charge in [-0.3, -0.25) is 0 Å². The lowest BCUT2D eigenvalue weighted by Gasteiger charge is -2.32. The van der Waals surface area contributed by atoms with E-state index in [1.165, 1.54) is 16.7 Å². The second-order valence-corrected chi connectivity index (χ2v) is 8.32. The fraction of sp³-hybridized carbons (Fsp3) is 0.400. The van der Waals surface area contributed by atoms with Gasteiger partial charge in [-0.25, -0.2) is 9.78 Å². The molecule has 0 unspecified atom stereocenters. The van der Waals surface area contributed by atoms with Gasteiger partial charge in [0.2, 0.25) is 0 Å². The second-order valence-electron chi connectivity index (χ2n) is 7.49. The van der Waals surface area contributed by atoms with Gasteiger partial charge in [0.25, 0.3) is 5.92 Å². The SMILES string of the molecule is Cc1cc2c(NC(=O)NC3CCN(c4nc(C(C)(F)F)cs4)CC3)cccc2nn1. The van der Waals surface area contributed by atoms with E-state index in [2.05, 4.69) is 25.8 Å². The Morgan fingerprint density at radius 3 is 2.73 bits per heavy atom. The number of benzene rings is 1. The molecule has 158 valence electrons. The first-order valence-electron chi connectivity index (χ1n) is 9.69. The smallest absolute Gasteiger partial charge is 0.319 e. The first kappa shape index (κ1) is 20.4. The van der Waals surface area contributed by atoms with Crippen LogP contribution in [0.5, 0.6) is 0 Å². The Morgan fingerprint density at radius 1 is 1.27 bits per heavy atom. The number of aryl methyl sites for hydroxylation is 1. The summed E-state index contributed by atoms with van der Waals surface area (Å²) in [4.78, 5) is 18.6. The number of fused-ring (bicyclic) bond motifs is 1. The minimum atomic E-state index is -2.93. The van der Waals surface area contributed by atoms with Gasteiger partial charge >= 0.3 is 6.03 Å². The molecule has 0 saturated carbocycles. The summed E-state index contributed by atoms with van der Waals surface area (Å²) in [6, 6.07) is 7.11. The highest BCUT2D eigenvalue weighted by atomic mass is 32.1. The highest BCUT2D eigenvalue weighted by molar-refractivity contribution is 7.13. The highest BCUT2D eigenvalue weighted by Gasteiger charge is 2.29. The van der Waals surface area contributed by atoms with Gasteiger partial charge in [0.15, 0.2) is 5.13 Å². The van der Waals surface area contributed by atoms with Gasteiger partial charge in [-0.15, -0.1) is 11.3 Å². The van der Waals surface area contributed by atoms with Crippen LogP contribution in [0.2, 0.25) is 0 Å². The Labute approximate surface area is 176 Å². The second kappa shape index (κ2) is 8.10. The molecule has 1 fully saturated rings. The van der Waals surface area contributed by atoms with E-state index in [9.17, 15) is 13.6 Å². The summed E-state index contributed by atoms with van der Waals surface area (Å²) in [6.45, 7) is 4.00. The van der Waals surface area contributed by atoms with Gasteiger partial charge in [-0.2, -0.15) is 19.0 Å². The molecule has 3 aromatic rings. The van der Waals surface area contributed by atoms with E-state index in [4.69, 9.17) is 0 Å². The standard InChI is InChI=1S/C20H22F2N6OS/c1-12-10-14-15(4-3-5-16(14)27-26-12)24-18(29)23-13-6-8-28(9-7-13)19-25-17(11-30-19)20(2,21)22/h3-5,10-11,13H,6-9H2,1-2H3,(H2,23,24,29). The Morgan fingerprint density at radius 2 is 2.03 bits per heavy atom. The fourth-order valence-corrected chi connectivity index (χ4v) is 4.40. The van der Waals surface area contributed by atoms with Gasteiger partial charge in [-0.1, -0.05) is 6.07 Å².